The second kappa shape index (κ2) is 5.85. The van der Waals surface area contributed by atoms with Crippen molar-refractivity contribution in [2.24, 2.45) is 0 Å². The van der Waals surface area contributed by atoms with Crippen LogP contribution in [0.15, 0.2) is 18.5 Å². The topological polar surface area (TPSA) is 96.7 Å². The Morgan fingerprint density at radius 1 is 1.37 bits per heavy atom. The molecule has 0 unspecified atom stereocenters. The summed E-state index contributed by atoms with van der Waals surface area (Å²) in [7, 11) is 0. The van der Waals surface area contributed by atoms with Gasteiger partial charge in [-0.25, -0.2) is 4.98 Å². The number of aromatic amines is 1. The first kappa shape index (κ1) is 13.6. The second-order valence-electron chi connectivity index (χ2n) is 3.65. The predicted octanol–water partition coefficient (Wildman–Crippen LogP) is 2.67. The van der Waals surface area contributed by atoms with E-state index >= 15 is 0 Å². The first-order chi connectivity index (χ1) is 9.08. The highest BCUT2D eigenvalue weighted by Crippen LogP contribution is 2.33. The van der Waals surface area contributed by atoms with Crippen LogP contribution in [0.4, 0.5) is 11.4 Å². The number of nitrogens with one attached hydrogen (secondary N) is 2. The van der Waals surface area contributed by atoms with Gasteiger partial charge in [-0.2, -0.15) is 5.10 Å². The molecule has 0 bridgehead atoms. The van der Waals surface area contributed by atoms with E-state index in [1.165, 1.54) is 18.5 Å². The Hall–Kier alpha value is -1.86. The molecule has 2 N–H and O–H groups in total. The molecule has 1 aromatic carbocycles. The average molecular weight is 302 g/mol. The fourth-order valence-electron chi connectivity index (χ4n) is 1.50. The summed E-state index contributed by atoms with van der Waals surface area (Å²) in [5.74, 6) is 0.690. The van der Waals surface area contributed by atoms with E-state index in [-0.39, 0.29) is 15.7 Å². The minimum Gasteiger partial charge on any atom is -0.379 e. The molecule has 2 aromatic rings. The van der Waals surface area contributed by atoms with Crippen molar-refractivity contribution in [3.63, 3.8) is 0 Å². The molecule has 9 heteroatoms. The lowest BCUT2D eigenvalue weighted by atomic mass is 10.2. The van der Waals surface area contributed by atoms with Gasteiger partial charge in [0.25, 0.3) is 5.69 Å². The van der Waals surface area contributed by atoms with Gasteiger partial charge >= 0.3 is 0 Å². The van der Waals surface area contributed by atoms with Gasteiger partial charge in [0.05, 0.1) is 15.0 Å². The first-order valence-electron chi connectivity index (χ1n) is 5.29. The fourth-order valence-corrected chi connectivity index (χ4v) is 1.82. The summed E-state index contributed by atoms with van der Waals surface area (Å²) >= 11 is 11.6. The van der Waals surface area contributed by atoms with E-state index in [0.717, 1.165) is 0 Å². The first-order valence-corrected chi connectivity index (χ1v) is 6.05. The van der Waals surface area contributed by atoms with Crippen LogP contribution in [0.1, 0.15) is 5.82 Å². The maximum absolute atomic E-state index is 10.9. The van der Waals surface area contributed by atoms with Gasteiger partial charge in [-0.3, -0.25) is 15.2 Å². The number of nitro benzene ring substituents is 1. The Labute approximate surface area is 118 Å². The molecule has 0 aliphatic rings. The van der Waals surface area contributed by atoms with E-state index in [0.29, 0.717) is 24.5 Å². The van der Waals surface area contributed by atoms with E-state index in [1.54, 1.807) is 0 Å². The van der Waals surface area contributed by atoms with Gasteiger partial charge in [0.15, 0.2) is 0 Å². The van der Waals surface area contributed by atoms with E-state index in [2.05, 4.69) is 20.5 Å². The predicted molar refractivity (Wildman–Crippen MR) is 71.7 cm³/mol. The smallest absolute Gasteiger partial charge is 0.293 e. The number of aromatic nitrogens is 3. The largest absolute Gasteiger partial charge is 0.379 e. The van der Waals surface area contributed by atoms with Crippen molar-refractivity contribution in [2.75, 3.05) is 11.9 Å². The molecule has 0 radical (unpaired) electrons. The molecule has 0 saturated carbocycles. The average Bonchev–Trinajstić information content (AvgIpc) is 2.86. The molecular formula is C10H9Cl2N5O2. The molecule has 0 aliphatic carbocycles. The van der Waals surface area contributed by atoms with Crippen molar-refractivity contribution in [1.82, 2.24) is 15.2 Å². The third-order valence-electron chi connectivity index (χ3n) is 2.38. The van der Waals surface area contributed by atoms with Crippen molar-refractivity contribution in [2.45, 2.75) is 6.42 Å². The Morgan fingerprint density at radius 2 is 2.11 bits per heavy atom. The molecule has 1 aromatic heterocycles. The van der Waals surface area contributed by atoms with Gasteiger partial charge < -0.3 is 5.32 Å². The summed E-state index contributed by atoms with van der Waals surface area (Å²) in [6.45, 7) is 0.452. The van der Waals surface area contributed by atoms with Crippen molar-refractivity contribution >= 4 is 34.6 Å². The fraction of sp³-hybridized carbons (Fsp3) is 0.200. The van der Waals surface area contributed by atoms with Crippen LogP contribution in [0, 0.1) is 10.1 Å². The van der Waals surface area contributed by atoms with Gasteiger partial charge in [-0.05, 0) is 6.07 Å². The number of anilines is 1. The molecule has 7 nitrogen and oxygen atoms in total. The summed E-state index contributed by atoms with van der Waals surface area (Å²) in [6.07, 6.45) is 1.95. The quantitative estimate of drug-likeness (QED) is 0.653. The number of hydrogen-bond acceptors (Lipinski definition) is 5. The van der Waals surface area contributed by atoms with Crippen LogP contribution < -0.4 is 5.32 Å². The molecule has 0 atom stereocenters. The third-order valence-corrected chi connectivity index (χ3v) is 3.10. The molecule has 0 saturated heterocycles. The molecule has 19 heavy (non-hydrogen) atoms. The normalized spacial score (nSPS) is 10.4. The minimum atomic E-state index is -0.515. The van der Waals surface area contributed by atoms with Gasteiger partial charge in [0.1, 0.15) is 17.8 Å². The molecule has 0 amide bonds. The summed E-state index contributed by atoms with van der Waals surface area (Å²) in [4.78, 5) is 14.3. The van der Waals surface area contributed by atoms with E-state index in [1.807, 2.05) is 0 Å². The van der Waals surface area contributed by atoms with Gasteiger partial charge in [0, 0.05) is 19.0 Å². The Kier molecular flexibility index (Phi) is 4.18. The molecular weight excluding hydrogens is 293 g/mol. The van der Waals surface area contributed by atoms with E-state index in [4.69, 9.17) is 23.2 Å². The summed E-state index contributed by atoms with van der Waals surface area (Å²) in [5, 5.41) is 20.7. The van der Waals surface area contributed by atoms with Crippen LogP contribution in [0.5, 0.6) is 0 Å². The van der Waals surface area contributed by atoms with Crippen LogP contribution in [0.25, 0.3) is 0 Å². The zero-order valence-corrected chi connectivity index (χ0v) is 11.1. The van der Waals surface area contributed by atoms with Crippen LogP contribution in [0.2, 0.25) is 10.0 Å². The standard InChI is InChI=1S/C10H9Cl2N5O2/c11-6-3-8(9(17(18)19)4-7(6)12)13-2-1-10-14-5-15-16-10/h3-5,13H,1-2H2,(H,14,15,16). The third kappa shape index (κ3) is 3.33. The molecule has 0 aliphatic heterocycles. The highest BCUT2D eigenvalue weighted by Gasteiger charge is 2.16. The lowest BCUT2D eigenvalue weighted by molar-refractivity contribution is -0.383. The maximum Gasteiger partial charge on any atom is 0.293 e. The Balaban J connectivity index is 2.10. The lowest BCUT2D eigenvalue weighted by Gasteiger charge is -2.07. The maximum atomic E-state index is 10.9. The zero-order chi connectivity index (χ0) is 13.8. The number of halogens is 2. The molecule has 1 heterocycles. The van der Waals surface area contributed by atoms with Gasteiger partial charge in [0.2, 0.25) is 0 Å². The van der Waals surface area contributed by atoms with Crippen molar-refractivity contribution < 1.29 is 4.92 Å². The summed E-state index contributed by atoms with van der Waals surface area (Å²) in [5.41, 5.74) is 0.200. The van der Waals surface area contributed by atoms with Crippen molar-refractivity contribution in [3.05, 3.63) is 44.4 Å². The van der Waals surface area contributed by atoms with Gasteiger partial charge in [-0.1, -0.05) is 23.2 Å². The molecule has 0 spiro atoms. The van der Waals surface area contributed by atoms with Crippen LogP contribution >= 0.6 is 23.2 Å². The number of H-pyrrole nitrogens is 1. The van der Waals surface area contributed by atoms with E-state index in [9.17, 15) is 10.1 Å². The molecule has 2 rings (SSSR count). The van der Waals surface area contributed by atoms with E-state index < -0.39 is 4.92 Å². The highest BCUT2D eigenvalue weighted by atomic mass is 35.5. The van der Waals surface area contributed by atoms with Crippen molar-refractivity contribution in [3.8, 4) is 0 Å². The highest BCUT2D eigenvalue weighted by molar-refractivity contribution is 6.42. The van der Waals surface area contributed by atoms with Crippen molar-refractivity contribution in [1.29, 1.82) is 0 Å². The zero-order valence-electron chi connectivity index (χ0n) is 9.56. The monoisotopic (exact) mass is 301 g/mol. The SMILES string of the molecule is O=[N+]([O-])c1cc(Cl)c(Cl)cc1NCCc1ncn[nH]1. The summed E-state index contributed by atoms with van der Waals surface area (Å²) in [6, 6.07) is 2.66. The van der Waals surface area contributed by atoms with Gasteiger partial charge in [-0.15, -0.1) is 0 Å². The number of rotatable bonds is 5. The summed E-state index contributed by atoms with van der Waals surface area (Å²) < 4.78 is 0. The Bertz CT molecular complexity index is 588. The number of nitrogens with zero attached hydrogens (tertiary/aromatic N) is 3. The number of benzene rings is 1. The number of nitro groups is 1. The lowest BCUT2D eigenvalue weighted by Crippen LogP contribution is -2.08. The van der Waals surface area contributed by atoms with Crippen LogP contribution in [-0.2, 0) is 6.42 Å². The second-order valence-corrected chi connectivity index (χ2v) is 4.46. The molecule has 100 valence electrons. The Morgan fingerprint density at radius 3 is 2.74 bits per heavy atom. The van der Waals surface area contributed by atoms with Crippen LogP contribution in [-0.4, -0.2) is 26.6 Å². The molecule has 0 fully saturated rings. The number of hydrogen-bond donors (Lipinski definition) is 2. The minimum absolute atomic E-state index is 0.119. The van der Waals surface area contributed by atoms with Crippen LogP contribution in [0.3, 0.4) is 0 Å².